The first-order valence-electron chi connectivity index (χ1n) is 5.53. The fourth-order valence-corrected chi connectivity index (χ4v) is 2.24. The Morgan fingerprint density at radius 2 is 2.05 bits per heavy atom. The van der Waals surface area contributed by atoms with Crippen LogP contribution < -0.4 is 5.56 Å². The predicted molar refractivity (Wildman–Crippen MR) is 69.8 cm³/mol. The quantitative estimate of drug-likeness (QED) is 0.726. The van der Waals surface area contributed by atoms with E-state index in [2.05, 4.69) is 25.5 Å². The Morgan fingerprint density at radius 3 is 2.80 bits per heavy atom. The number of rotatable bonds is 3. The highest BCUT2D eigenvalue weighted by Crippen LogP contribution is 2.23. The molecular weight excluding hydrogens is 280 g/mol. The van der Waals surface area contributed by atoms with Gasteiger partial charge in [0.25, 0.3) is 5.56 Å². The molecule has 2 N–H and O–H groups in total. The standard InChI is InChI=1S/C11H8N6O2S/c18-8-3-1-7(2-4-8)17-11(14-15-16-17)20-10-9(19)12-5-6-13-10/h1-6,18H,(H,12,19). The van der Waals surface area contributed by atoms with Crippen LogP contribution in [0.5, 0.6) is 5.75 Å². The zero-order valence-corrected chi connectivity index (χ0v) is 10.8. The van der Waals surface area contributed by atoms with Crippen molar-refractivity contribution >= 4 is 11.8 Å². The molecule has 100 valence electrons. The van der Waals surface area contributed by atoms with E-state index in [1.165, 1.54) is 29.2 Å². The van der Waals surface area contributed by atoms with Crippen molar-refractivity contribution in [2.45, 2.75) is 10.2 Å². The lowest BCUT2D eigenvalue weighted by Gasteiger charge is -2.03. The third kappa shape index (κ3) is 2.38. The van der Waals surface area contributed by atoms with Crippen molar-refractivity contribution in [3.05, 3.63) is 47.0 Å². The summed E-state index contributed by atoms with van der Waals surface area (Å²) in [5, 5.41) is 21.2. The molecule has 0 aliphatic heterocycles. The molecule has 2 heterocycles. The molecule has 9 heteroatoms. The average Bonchev–Trinajstić information content (AvgIpc) is 2.90. The summed E-state index contributed by atoms with van der Waals surface area (Å²) in [4.78, 5) is 18.1. The maximum atomic E-state index is 11.6. The van der Waals surface area contributed by atoms with Crippen molar-refractivity contribution in [2.24, 2.45) is 0 Å². The fourth-order valence-electron chi connectivity index (χ4n) is 1.50. The first-order valence-corrected chi connectivity index (χ1v) is 6.35. The highest BCUT2D eigenvalue weighted by molar-refractivity contribution is 7.99. The summed E-state index contributed by atoms with van der Waals surface area (Å²) in [7, 11) is 0. The van der Waals surface area contributed by atoms with E-state index in [9.17, 15) is 9.90 Å². The average molecular weight is 288 g/mol. The number of aromatic hydroxyl groups is 1. The third-order valence-electron chi connectivity index (χ3n) is 2.40. The summed E-state index contributed by atoms with van der Waals surface area (Å²) in [6.45, 7) is 0. The van der Waals surface area contributed by atoms with Gasteiger partial charge in [0, 0.05) is 12.4 Å². The zero-order valence-electron chi connectivity index (χ0n) is 9.96. The van der Waals surface area contributed by atoms with Gasteiger partial charge in [0.1, 0.15) is 5.75 Å². The number of hydrogen-bond donors (Lipinski definition) is 2. The number of benzene rings is 1. The molecule has 0 saturated heterocycles. The number of phenols is 1. The molecular formula is C11H8N6O2S. The Morgan fingerprint density at radius 1 is 1.25 bits per heavy atom. The molecule has 2 aromatic heterocycles. The van der Waals surface area contributed by atoms with Crippen LogP contribution in [-0.2, 0) is 0 Å². The molecule has 0 atom stereocenters. The van der Waals surface area contributed by atoms with E-state index < -0.39 is 0 Å². The lowest BCUT2D eigenvalue weighted by atomic mass is 10.3. The number of nitrogens with one attached hydrogen (secondary N) is 1. The predicted octanol–water partition coefficient (Wildman–Crippen LogP) is 0.602. The molecule has 0 aliphatic rings. The Balaban J connectivity index is 1.97. The largest absolute Gasteiger partial charge is 0.508 e. The van der Waals surface area contributed by atoms with Crippen molar-refractivity contribution < 1.29 is 5.11 Å². The lowest BCUT2D eigenvalue weighted by molar-refractivity contribution is 0.475. The Labute approximate surface area is 116 Å². The van der Waals surface area contributed by atoms with Crippen molar-refractivity contribution in [2.75, 3.05) is 0 Å². The van der Waals surface area contributed by atoms with Gasteiger partial charge in [-0.1, -0.05) is 0 Å². The molecule has 3 aromatic rings. The number of aromatic amines is 1. The van der Waals surface area contributed by atoms with Crippen LogP contribution in [0.3, 0.4) is 0 Å². The van der Waals surface area contributed by atoms with E-state index in [1.54, 1.807) is 12.1 Å². The fraction of sp³-hybridized carbons (Fsp3) is 0. The van der Waals surface area contributed by atoms with Gasteiger partial charge in [-0.15, -0.1) is 5.10 Å². The molecule has 0 amide bonds. The highest BCUT2D eigenvalue weighted by atomic mass is 32.2. The minimum Gasteiger partial charge on any atom is -0.508 e. The number of tetrazole rings is 1. The summed E-state index contributed by atoms with van der Waals surface area (Å²) in [6.07, 6.45) is 2.94. The number of aromatic nitrogens is 6. The van der Waals surface area contributed by atoms with E-state index >= 15 is 0 Å². The number of hydrogen-bond acceptors (Lipinski definition) is 7. The van der Waals surface area contributed by atoms with Crippen LogP contribution in [-0.4, -0.2) is 35.3 Å². The molecule has 0 saturated carbocycles. The van der Waals surface area contributed by atoms with Crippen LogP contribution in [0.4, 0.5) is 0 Å². The van der Waals surface area contributed by atoms with Gasteiger partial charge in [-0.25, -0.2) is 4.98 Å². The van der Waals surface area contributed by atoms with Gasteiger partial charge in [0.05, 0.1) is 5.69 Å². The molecule has 3 rings (SSSR count). The normalized spacial score (nSPS) is 10.6. The molecule has 8 nitrogen and oxygen atoms in total. The van der Waals surface area contributed by atoms with E-state index in [0.29, 0.717) is 10.8 Å². The van der Waals surface area contributed by atoms with E-state index in [4.69, 9.17) is 0 Å². The first-order chi connectivity index (χ1) is 9.74. The summed E-state index contributed by atoms with van der Waals surface area (Å²) in [5.74, 6) is 0.150. The van der Waals surface area contributed by atoms with Crippen LogP contribution in [0.2, 0.25) is 0 Å². The maximum absolute atomic E-state index is 11.6. The van der Waals surface area contributed by atoms with Gasteiger partial charge in [-0.05, 0) is 46.5 Å². The monoisotopic (exact) mass is 288 g/mol. The SMILES string of the molecule is O=c1[nH]ccnc1Sc1nnnn1-c1ccc(O)cc1. The van der Waals surface area contributed by atoms with Crippen LogP contribution in [0.25, 0.3) is 5.69 Å². The molecule has 20 heavy (non-hydrogen) atoms. The second kappa shape index (κ2) is 5.13. The summed E-state index contributed by atoms with van der Waals surface area (Å²) in [5.41, 5.74) is 0.361. The van der Waals surface area contributed by atoms with E-state index in [-0.39, 0.29) is 16.3 Å². The second-order valence-electron chi connectivity index (χ2n) is 3.72. The molecule has 0 fully saturated rings. The van der Waals surface area contributed by atoms with Crippen LogP contribution in [0, 0.1) is 0 Å². The molecule has 1 aromatic carbocycles. The zero-order chi connectivity index (χ0) is 13.9. The number of H-pyrrole nitrogens is 1. The number of nitrogens with zero attached hydrogens (tertiary/aromatic N) is 5. The van der Waals surface area contributed by atoms with Gasteiger partial charge in [0.15, 0.2) is 5.03 Å². The highest BCUT2D eigenvalue weighted by Gasteiger charge is 2.12. The Hall–Kier alpha value is -2.68. The molecule has 0 aliphatic carbocycles. The third-order valence-corrected chi connectivity index (χ3v) is 3.32. The minimum absolute atomic E-state index is 0.150. The van der Waals surface area contributed by atoms with Crippen LogP contribution >= 0.6 is 11.8 Å². The van der Waals surface area contributed by atoms with Gasteiger partial charge in [0.2, 0.25) is 5.16 Å². The summed E-state index contributed by atoms with van der Waals surface area (Å²) >= 11 is 1.06. The molecule has 0 spiro atoms. The lowest BCUT2D eigenvalue weighted by Crippen LogP contribution is -2.09. The van der Waals surface area contributed by atoms with Crippen molar-refractivity contribution in [1.29, 1.82) is 0 Å². The van der Waals surface area contributed by atoms with Crippen molar-refractivity contribution in [3.8, 4) is 11.4 Å². The summed E-state index contributed by atoms with van der Waals surface area (Å²) in [6, 6.07) is 6.38. The smallest absolute Gasteiger partial charge is 0.280 e. The minimum atomic E-state index is -0.308. The molecule has 0 unspecified atom stereocenters. The number of phenolic OH excluding ortho intramolecular Hbond substituents is 1. The molecule has 0 radical (unpaired) electrons. The first kappa shape index (κ1) is 12.4. The van der Waals surface area contributed by atoms with Crippen LogP contribution in [0.15, 0.2) is 51.6 Å². The van der Waals surface area contributed by atoms with E-state index in [1.807, 2.05) is 0 Å². The summed E-state index contributed by atoms with van der Waals surface area (Å²) < 4.78 is 1.46. The van der Waals surface area contributed by atoms with Crippen LogP contribution in [0.1, 0.15) is 0 Å². The second-order valence-corrected chi connectivity index (χ2v) is 4.67. The topological polar surface area (TPSA) is 110 Å². The van der Waals surface area contributed by atoms with E-state index in [0.717, 1.165) is 11.8 Å². The Kier molecular flexibility index (Phi) is 3.17. The molecule has 0 bridgehead atoms. The van der Waals surface area contributed by atoms with Gasteiger partial charge in [-0.2, -0.15) is 4.68 Å². The van der Waals surface area contributed by atoms with Gasteiger partial charge < -0.3 is 10.1 Å². The maximum Gasteiger partial charge on any atom is 0.280 e. The van der Waals surface area contributed by atoms with Gasteiger partial charge in [-0.3, -0.25) is 4.79 Å². The Bertz CT molecular complexity index is 782. The van der Waals surface area contributed by atoms with Gasteiger partial charge >= 0.3 is 0 Å². The van der Waals surface area contributed by atoms with Crippen molar-refractivity contribution in [1.82, 2.24) is 30.2 Å². The van der Waals surface area contributed by atoms with Crippen molar-refractivity contribution in [3.63, 3.8) is 0 Å².